The summed E-state index contributed by atoms with van der Waals surface area (Å²) in [7, 11) is 0. The summed E-state index contributed by atoms with van der Waals surface area (Å²) >= 11 is 0. The average molecular weight is 341 g/mol. The SMILES string of the molecule is Cc1ccc(C)c(NC(=O)[C@H]2CC2(c2ccccc2)c2ccccc2)c1. The molecule has 0 saturated heterocycles. The van der Waals surface area contributed by atoms with Gasteiger partial charge in [-0.3, -0.25) is 4.79 Å². The molecule has 1 aliphatic rings. The maximum absolute atomic E-state index is 13.1. The summed E-state index contributed by atoms with van der Waals surface area (Å²) in [6.07, 6.45) is 0.845. The summed E-state index contributed by atoms with van der Waals surface area (Å²) in [5.74, 6) is 0.0543. The van der Waals surface area contributed by atoms with Gasteiger partial charge < -0.3 is 5.32 Å². The van der Waals surface area contributed by atoms with Crippen LogP contribution in [0.1, 0.15) is 28.7 Å². The van der Waals surface area contributed by atoms with E-state index in [1.54, 1.807) is 0 Å². The molecular weight excluding hydrogens is 318 g/mol. The molecule has 0 aromatic heterocycles. The van der Waals surface area contributed by atoms with E-state index in [4.69, 9.17) is 0 Å². The zero-order valence-electron chi connectivity index (χ0n) is 15.2. The Bertz CT molecular complexity index is 891. The van der Waals surface area contributed by atoms with E-state index in [0.29, 0.717) is 0 Å². The largest absolute Gasteiger partial charge is 0.326 e. The molecule has 0 spiro atoms. The highest BCUT2D eigenvalue weighted by atomic mass is 16.2. The summed E-state index contributed by atoms with van der Waals surface area (Å²) in [4.78, 5) is 13.1. The van der Waals surface area contributed by atoms with E-state index in [1.165, 1.54) is 11.1 Å². The number of rotatable bonds is 4. The first kappa shape index (κ1) is 16.6. The Labute approximate surface area is 154 Å². The van der Waals surface area contributed by atoms with Crippen molar-refractivity contribution in [3.8, 4) is 0 Å². The molecule has 0 heterocycles. The third-order valence-corrected chi connectivity index (χ3v) is 5.51. The molecular formula is C24H23NO. The summed E-state index contributed by atoms with van der Waals surface area (Å²) in [5, 5.41) is 3.17. The van der Waals surface area contributed by atoms with Crippen molar-refractivity contribution < 1.29 is 4.79 Å². The number of nitrogens with one attached hydrogen (secondary N) is 1. The molecule has 1 saturated carbocycles. The number of hydrogen-bond donors (Lipinski definition) is 1. The van der Waals surface area contributed by atoms with E-state index >= 15 is 0 Å². The van der Waals surface area contributed by atoms with Crippen molar-refractivity contribution in [2.24, 2.45) is 5.92 Å². The number of benzene rings is 3. The molecule has 1 amide bonds. The molecule has 4 rings (SSSR count). The standard InChI is InChI=1S/C24H23NO/c1-17-13-14-18(2)22(15-17)25-23(26)21-16-24(21,19-9-5-3-6-10-19)20-11-7-4-8-12-20/h3-15,21H,16H2,1-2H3,(H,25,26)/t21-/m1/s1. The number of hydrogen-bond acceptors (Lipinski definition) is 1. The van der Waals surface area contributed by atoms with Gasteiger partial charge in [0.25, 0.3) is 0 Å². The topological polar surface area (TPSA) is 29.1 Å². The fraction of sp³-hybridized carbons (Fsp3) is 0.208. The second-order valence-electron chi connectivity index (χ2n) is 7.27. The van der Waals surface area contributed by atoms with Crippen LogP contribution in [-0.4, -0.2) is 5.91 Å². The Kier molecular flexibility index (Phi) is 4.12. The van der Waals surface area contributed by atoms with E-state index in [0.717, 1.165) is 23.2 Å². The van der Waals surface area contributed by atoms with Crippen LogP contribution in [0.5, 0.6) is 0 Å². The first-order valence-corrected chi connectivity index (χ1v) is 9.10. The molecule has 1 atom stereocenters. The van der Waals surface area contributed by atoms with Crippen LogP contribution >= 0.6 is 0 Å². The maximum atomic E-state index is 13.1. The van der Waals surface area contributed by atoms with Crippen molar-refractivity contribution in [2.45, 2.75) is 25.7 Å². The quantitative estimate of drug-likeness (QED) is 0.690. The predicted octanol–water partition coefficient (Wildman–Crippen LogP) is 5.25. The van der Waals surface area contributed by atoms with E-state index in [-0.39, 0.29) is 17.2 Å². The van der Waals surface area contributed by atoms with E-state index in [2.05, 4.69) is 66.0 Å². The molecule has 1 aliphatic carbocycles. The van der Waals surface area contributed by atoms with Crippen LogP contribution in [0.25, 0.3) is 0 Å². The number of aryl methyl sites for hydroxylation is 2. The molecule has 1 fully saturated rings. The van der Waals surface area contributed by atoms with Gasteiger partial charge in [-0.2, -0.15) is 0 Å². The molecule has 26 heavy (non-hydrogen) atoms. The molecule has 0 unspecified atom stereocenters. The Morgan fingerprint density at radius 3 is 2.04 bits per heavy atom. The van der Waals surface area contributed by atoms with Gasteiger partial charge in [0.15, 0.2) is 0 Å². The lowest BCUT2D eigenvalue weighted by Gasteiger charge is -2.19. The molecule has 1 N–H and O–H groups in total. The fourth-order valence-corrected chi connectivity index (χ4v) is 3.95. The molecule has 0 radical (unpaired) electrons. The predicted molar refractivity (Wildman–Crippen MR) is 106 cm³/mol. The highest BCUT2D eigenvalue weighted by Crippen LogP contribution is 2.59. The maximum Gasteiger partial charge on any atom is 0.228 e. The first-order chi connectivity index (χ1) is 12.6. The van der Waals surface area contributed by atoms with Gasteiger partial charge in [-0.15, -0.1) is 0 Å². The van der Waals surface area contributed by atoms with Crippen molar-refractivity contribution in [1.29, 1.82) is 0 Å². The second kappa shape index (κ2) is 6.45. The number of carbonyl (C=O) groups excluding carboxylic acids is 1. The lowest BCUT2D eigenvalue weighted by Crippen LogP contribution is -2.22. The van der Waals surface area contributed by atoms with Crippen LogP contribution in [0.2, 0.25) is 0 Å². The molecule has 2 heteroatoms. The van der Waals surface area contributed by atoms with E-state index < -0.39 is 0 Å². The van der Waals surface area contributed by atoms with Gasteiger partial charge in [0.2, 0.25) is 5.91 Å². The smallest absolute Gasteiger partial charge is 0.228 e. The molecule has 3 aromatic carbocycles. The van der Waals surface area contributed by atoms with Crippen molar-refractivity contribution >= 4 is 11.6 Å². The molecule has 0 bridgehead atoms. The van der Waals surface area contributed by atoms with Gasteiger partial charge in [0, 0.05) is 11.1 Å². The Balaban J connectivity index is 1.67. The zero-order chi connectivity index (χ0) is 18.1. The summed E-state index contributed by atoms with van der Waals surface area (Å²) in [6, 6.07) is 27.0. The molecule has 130 valence electrons. The molecule has 2 nitrogen and oxygen atoms in total. The molecule has 0 aliphatic heterocycles. The zero-order valence-corrected chi connectivity index (χ0v) is 15.2. The number of anilines is 1. The van der Waals surface area contributed by atoms with Crippen molar-refractivity contribution in [3.05, 3.63) is 101 Å². The van der Waals surface area contributed by atoms with Crippen LogP contribution < -0.4 is 5.32 Å². The van der Waals surface area contributed by atoms with Gasteiger partial charge in [0.05, 0.1) is 5.92 Å². The summed E-state index contributed by atoms with van der Waals surface area (Å²) in [5.41, 5.74) is 5.37. The minimum Gasteiger partial charge on any atom is -0.326 e. The van der Waals surface area contributed by atoms with Gasteiger partial charge in [-0.25, -0.2) is 0 Å². The Morgan fingerprint density at radius 1 is 0.885 bits per heavy atom. The third kappa shape index (κ3) is 2.82. The van der Waals surface area contributed by atoms with Crippen molar-refractivity contribution in [3.63, 3.8) is 0 Å². The second-order valence-corrected chi connectivity index (χ2v) is 7.27. The average Bonchev–Trinajstić information content (AvgIpc) is 3.43. The van der Waals surface area contributed by atoms with Gasteiger partial charge in [0.1, 0.15) is 0 Å². The van der Waals surface area contributed by atoms with Crippen molar-refractivity contribution in [2.75, 3.05) is 5.32 Å². The number of amides is 1. The van der Waals surface area contributed by atoms with E-state index in [1.807, 2.05) is 32.0 Å². The monoisotopic (exact) mass is 341 g/mol. The first-order valence-electron chi connectivity index (χ1n) is 9.10. The van der Waals surface area contributed by atoms with Gasteiger partial charge >= 0.3 is 0 Å². The van der Waals surface area contributed by atoms with Crippen LogP contribution in [0.15, 0.2) is 78.9 Å². The van der Waals surface area contributed by atoms with Gasteiger partial charge in [-0.1, -0.05) is 72.8 Å². The number of carbonyl (C=O) groups is 1. The minimum atomic E-state index is -0.218. The van der Waals surface area contributed by atoms with Crippen LogP contribution in [0.4, 0.5) is 5.69 Å². The van der Waals surface area contributed by atoms with Crippen LogP contribution in [0, 0.1) is 19.8 Å². The van der Waals surface area contributed by atoms with Crippen molar-refractivity contribution in [1.82, 2.24) is 0 Å². The van der Waals surface area contributed by atoms with E-state index in [9.17, 15) is 4.79 Å². The van der Waals surface area contributed by atoms with Crippen LogP contribution in [0.3, 0.4) is 0 Å². The van der Waals surface area contributed by atoms with Gasteiger partial charge in [-0.05, 0) is 48.6 Å². The van der Waals surface area contributed by atoms with Crippen LogP contribution in [-0.2, 0) is 10.2 Å². The summed E-state index contributed by atoms with van der Waals surface area (Å²) in [6.45, 7) is 4.08. The normalized spacial score (nSPS) is 17.5. The fourth-order valence-electron chi connectivity index (χ4n) is 3.95. The Hall–Kier alpha value is -2.87. The minimum absolute atomic E-state index is 0.0489. The third-order valence-electron chi connectivity index (χ3n) is 5.51. The molecule has 3 aromatic rings. The highest BCUT2D eigenvalue weighted by Gasteiger charge is 2.60. The lowest BCUT2D eigenvalue weighted by atomic mass is 9.85. The summed E-state index contributed by atoms with van der Waals surface area (Å²) < 4.78 is 0. The lowest BCUT2D eigenvalue weighted by molar-refractivity contribution is -0.117. The Morgan fingerprint density at radius 2 is 1.46 bits per heavy atom. The highest BCUT2D eigenvalue weighted by molar-refractivity contribution is 5.97.